The van der Waals surface area contributed by atoms with E-state index in [0.29, 0.717) is 5.41 Å². The molecule has 0 amide bonds. The van der Waals surface area contributed by atoms with Gasteiger partial charge in [0.2, 0.25) is 0 Å². The van der Waals surface area contributed by atoms with Crippen LogP contribution in [0.3, 0.4) is 0 Å². The van der Waals surface area contributed by atoms with Gasteiger partial charge in [-0.15, -0.1) is 5.98 Å². The third-order valence-corrected chi connectivity index (χ3v) is 5.21. The first kappa shape index (κ1) is 15.2. The van der Waals surface area contributed by atoms with Crippen molar-refractivity contribution < 1.29 is 0 Å². The van der Waals surface area contributed by atoms with Crippen molar-refractivity contribution in [3.63, 3.8) is 0 Å². The van der Waals surface area contributed by atoms with Gasteiger partial charge in [0.05, 0.1) is 0 Å². The van der Waals surface area contributed by atoms with Crippen LogP contribution >= 0.6 is 0 Å². The van der Waals surface area contributed by atoms with Gasteiger partial charge < -0.3 is 0 Å². The molecule has 1 heteroatoms. The molecule has 0 atom stereocenters. The Bertz CT molecular complexity index is 257. The molecule has 0 aromatic rings. The average molecular weight is 260 g/mol. The Morgan fingerprint density at radius 1 is 0.737 bits per heavy atom. The molecule has 2 fully saturated rings. The topological polar surface area (TPSA) is 0 Å². The summed E-state index contributed by atoms with van der Waals surface area (Å²) in [5.74, 6) is 4.62. The second-order valence-corrected chi connectivity index (χ2v) is 8.10. The van der Waals surface area contributed by atoms with Gasteiger partial charge in [-0.2, -0.15) is 0 Å². The van der Waals surface area contributed by atoms with E-state index in [2.05, 4.69) is 32.8 Å². The largest absolute Gasteiger partial charge is 0.172 e. The van der Waals surface area contributed by atoms with Crippen molar-refractivity contribution in [1.29, 1.82) is 0 Å². The van der Waals surface area contributed by atoms with Crippen molar-refractivity contribution >= 4 is 6.71 Å². The molecule has 0 N–H and O–H groups in total. The van der Waals surface area contributed by atoms with Gasteiger partial charge in [0, 0.05) is 0 Å². The highest BCUT2D eigenvalue weighted by Crippen LogP contribution is 2.42. The lowest BCUT2D eigenvalue weighted by Crippen LogP contribution is -2.29. The number of rotatable bonds is 3. The maximum Gasteiger partial charge on any atom is 0.172 e. The van der Waals surface area contributed by atoms with Gasteiger partial charge in [-0.05, 0) is 5.41 Å². The van der Waals surface area contributed by atoms with Gasteiger partial charge >= 0.3 is 0 Å². The zero-order valence-electron chi connectivity index (χ0n) is 13.5. The highest BCUT2D eigenvalue weighted by atomic mass is 14.2. The Hall–Kier alpha value is -0.195. The first-order chi connectivity index (χ1) is 9.06. The molecular weight excluding hydrogens is 227 g/mol. The van der Waals surface area contributed by atoms with Crippen molar-refractivity contribution in [2.75, 3.05) is 0 Å². The summed E-state index contributed by atoms with van der Waals surface area (Å²) in [6, 6.07) is 0. The quantitative estimate of drug-likeness (QED) is 0.523. The van der Waals surface area contributed by atoms with Gasteiger partial charge in [0.1, 0.15) is 0 Å². The number of hydrogen-bond donors (Lipinski definition) is 0. The second-order valence-electron chi connectivity index (χ2n) is 8.10. The Kier molecular flexibility index (Phi) is 5.60. The molecule has 0 aromatic heterocycles. The molecule has 0 saturated heterocycles. The van der Waals surface area contributed by atoms with E-state index in [-0.39, 0.29) is 0 Å². The summed E-state index contributed by atoms with van der Waals surface area (Å²) in [6.45, 7) is 7.90. The Labute approximate surface area is 121 Å². The fraction of sp³-hybridized carbons (Fsp3) is 0.889. The van der Waals surface area contributed by atoms with Crippen LogP contribution < -0.4 is 0 Å². The molecule has 2 rings (SSSR count). The predicted octanol–water partition coefficient (Wildman–Crippen LogP) is 6.29. The fourth-order valence-corrected chi connectivity index (χ4v) is 4.14. The van der Waals surface area contributed by atoms with Crippen LogP contribution in [-0.2, 0) is 0 Å². The third-order valence-electron chi connectivity index (χ3n) is 5.21. The summed E-state index contributed by atoms with van der Waals surface area (Å²) < 4.78 is 0. The van der Waals surface area contributed by atoms with Gasteiger partial charge in [0.15, 0.2) is 6.71 Å². The molecule has 19 heavy (non-hydrogen) atoms. The summed E-state index contributed by atoms with van der Waals surface area (Å²) in [6.07, 6.45) is 17.4. The zero-order valence-corrected chi connectivity index (χ0v) is 13.5. The van der Waals surface area contributed by atoms with E-state index in [1.807, 2.05) is 0 Å². The van der Waals surface area contributed by atoms with E-state index < -0.39 is 0 Å². The Morgan fingerprint density at radius 2 is 1.16 bits per heavy atom. The van der Waals surface area contributed by atoms with Crippen LogP contribution in [0, 0.1) is 5.41 Å². The minimum absolute atomic E-state index is 0.349. The molecule has 0 spiro atoms. The molecule has 2 aliphatic carbocycles. The summed E-state index contributed by atoms with van der Waals surface area (Å²) >= 11 is 0. The van der Waals surface area contributed by atoms with Gasteiger partial charge in [0.25, 0.3) is 0 Å². The number of hydrogen-bond acceptors (Lipinski definition) is 0. The van der Waals surface area contributed by atoms with Crippen LogP contribution in [0.2, 0.25) is 11.6 Å². The van der Waals surface area contributed by atoms with Crippen molar-refractivity contribution in [2.45, 2.75) is 96.6 Å². The Balaban J connectivity index is 2.04. The minimum atomic E-state index is 0.349. The normalized spacial score (nSPS) is 23.9. The first-order valence-corrected chi connectivity index (χ1v) is 8.76. The molecule has 0 radical (unpaired) electrons. The summed E-state index contributed by atoms with van der Waals surface area (Å²) in [7, 11) is 0. The summed E-state index contributed by atoms with van der Waals surface area (Å²) in [5, 5.41) is 0. The maximum absolute atomic E-state index is 2.63. The molecule has 108 valence electrons. The fourth-order valence-electron chi connectivity index (χ4n) is 4.14. The molecule has 2 aliphatic rings. The third kappa shape index (κ3) is 5.01. The summed E-state index contributed by atoms with van der Waals surface area (Å²) in [4.78, 5) is 0. The molecule has 0 unspecified atom stereocenters. The monoisotopic (exact) mass is 260 g/mol. The lowest BCUT2D eigenvalue weighted by Gasteiger charge is -2.34. The highest BCUT2D eigenvalue weighted by molar-refractivity contribution is 6.67. The zero-order chi connectivity index (χ0) is 13.7. The smallest absolute Gasteiger partial charge is 0.118 e. The molecule has 0 heterocycles. The molecule has 0 bridgehead atoms. The molecule has 0 aliphatic heterocycles. The van der Waals surface area contributed by atoms with Crippen LogP contribution in [-0.4, -0.2) is 6.71 Å². The average Bonchev–Trinajstić information content (AvgIpc) is 2.40. The van der Waals surface area contributed by atoms with Crippen LogP contribution in [0.15, 0.2) is 12.1 Å². The van der Waals surface area contributed by atoms with E-state index in [1.54, 1.807) is 0 Å². The van der Waals surface area contributed by atoms with E-state index in [1.165, 1.54) is 64.2 Å². The summed E-state index contributed by atoms with van der Waals surface area (Å²) in [5.41, 5.74) is 0.349. The van der Waals surface area contributed by atoms with Crippen LogP contribution in [0.4, 0.5) is 0 Å². The number of allylic oxidation sites excluding steroid dienone is 1. The van der Waals surface area contributed by atoms with Crippen molar-refractivity contribution in [2.24, 2.45) is 5.41 Å². The van der Waals surface area contributed by atoms with E-state index in [4.69, 9.17) is 0 Å². The van der Waals surface area contributed by atoms with Crippen LogP contribution in [0.5, 0.6) is 0 Å². The molecular formula is C18H33B. The van der Waals surface area contributed by atoms with Gasteiger partial charge in [-0.25, -0.2) is 0 Å². The first-order valence-electron chi connectivity index (χ1n) is 8.76. The van der Waals surface area contributed by atoms with Crippen LogP contribution in [0.1, 0.15) is 85.0 Å². The molecule has 2 saturated carbocycles. The predicted molar refractivity (Wildman–Crippen MR) is 88.0 cm³/mol. The molecule has 0 aromatic carbocycles. The Morgan fingerprint density at radius 3 is 1.53 bits per heavy atom. The van der Waals surface area contributed by atoms with Crippen molar-refractivity contribution in [3.05, 3.63) is 12.1 Å². The van der Waals surface area contributed by atoms with E-state index in [9.17, 15) is 0 Å². The standard InChI is InChI=1S/C18H33B/c1-18(2,3)14-15-19(16-10-6-4-7-11-16)17-12-8-5-9-13-17/h14-17H,4-13H2,1-3H3/b15-14+. The lowest BCUT2D eigenvalue weighted by atomic mass is 9.30. The maximum atomic E-state index is 2.63. The van der Waals surface area contributed by atoms with E-state index >= 15 is 0 Å². The molecule has 0 nitrogen and oxygen atoms in total. The van der Waals surface area contributed by atoms with Crippen molar-refractivity contribution in [3.8, 4) is 0 Å². The van der Waals surface area contributed by atoms with Gasteiger partial charge in [-0.3, -0.25) is 0 Å². The van der Waals surface area contributed by atoms with Gasteiger partial charge in [-0.1, -0.05) is 103 Å². The highest BCUT2D eigenvalue weighted by Gasteiger charge is 2.32. The SMILES string of the molecule is CC(C)(C)/C=C/B(C1CCCCC1)C1CCCCC1. The van der Waals surface area contributed by atoms with Crippen molar-refractivity contribution in [1.82, 2.24) is 0 Å². The minimum Gasteiger partial charge on any atom is -0.118 e. The lowest BCUT2D eigenvalue weighted by molar-refractivity contribution is 0.464. The second kappa shape index (κ2) is 7.00. The van der Waals surface area contributed by atoms with E-state index in [0.717, 1.165) is 18.3 Å². The van der Waals surface area contributed by atoms with Crippen LogP contribution in [0.25, 0.3) is 0 Å².